The Morgan fingerprint density at radius 3 is 2.44 bits per heavy atom. The lowest BCUT2D eigenvalue weighted by Gasteiger charge is -2.16. The van der Waals surface area contributed by atoms with Gasteiger partial charge < -0.3 is 5.73 Å². The standard InChI is InChI=1S/C14H12Br2FN/c1-8-2-4-10(12(16)6-8)14(18)11-7-9(15)3-5-13(11)17/h2-7,14H,18H2,1H3. The highest BCUT2D eigenvalue weighted by Gasteiger charge is 2.16. The molecule has 0 aliphatic heterocycles. The van der Waals surface area contributed by atoms with Crippen molar-refractivity contribution in [2.24, 2.45) is 5.73 Å². The lowest BCUT2D eigenvalue weighted by molar-refractivity contribution is 0.599. The summed E-state index contributed by atoms with van der Waals surface area (Å²) in [6.07, 6.45) is 0. The lowest BCUT2D eigenvalue weighted by atomic mass is 9.98. The van der Waals surface area contributed by atoms with Crippen LogP contribution in [0.4, 0.5) is 4.39 Å². The Hall–Kier alpha value is -0.710. The van der Waals surface area contributed by atoms with Crippen molar-refractivity contribution in [1.29, 1.82) is 0 Å². The molecule has 2 rings (SSSR count). The molecular formula is C14H12Br2FN. The number of benzene rings is 2. The Balaban J connectivity index is 2.47. The molecule has 4 heteroatoms. The second-order valence-electron chi connectivity index (χ2n) is 4.17. The van der Waals surface area contributed by atoms with Gasteiger partial charge in [0.2, 0.25) is 0 Å². The van der Waals surface area contributed by atoms with E-state index >= 15 is 0 Å². The first kappa shape index (κ1) is 13.7. The Morgan fingerprint density at radius 1 is 1.06 bits per heavy atom. The van der Waals surface area contributed by atoms with E-state index in [2.05, 4.69) is 31.9 Å². The number of hydrogen-bond acceptors (Lipinski definition) is 1. The lowest BCUT2D eigenvalue weighted by Crippen LogP contribution is -2.14. The van der Waals surface area contributed by atoms with Gasteiger partial charge in [-0.3, -0.25) is 0 Å². The largest absolute Gasteiger partial charge is 0.320 e. The maximum absolute atomic E-state index is 13.8. The predicted molar refractivity (Wildman–Crippen MR) is 79.0 cm³/mol. The Bertz CT molecular complexity index is 584. The SMILES string of the molecule is Cc1ccc(C(N)c2cc(Br)ccc2F)c(Br)c1. The molecule has 0 fully saturated rings. The summed E-state index contributed by atoms with van der Waals surface area (Å²) in [5, 5.41) is 0. The molecule has 2 N–H and O–H groups in total. The molecule has 0 amide bonds. The molecule has 0 radical (unpaired) electrons. The summed E-state index contributed by atoms with van der Waals surface area (Å²) >= 11 is 6.81. The van der Waals surface area contributed by atoms with Gasteiger partial charge >= 0.3 is 0 Å². The summed E-state index contributed by atoms with van der Waals surface area (Å²) < 4.78 is 15.5. The van der Waals surface area contributed by atoms with Crippen molar-refractivity contribution < 1.29 is 4.39 Å². The van der Waals surface area contributed by atoms with Crippen LogP contribution in [-0.2, 0) is 0 Å². The second-order valence-corrected chi connectivity index (χ2v) is 5.94. The summed E-state index contributed by atoms with van der Waals surface area (Å²) in [6, 6.07) is 10.2. The fourth-order valence-corrected chi connectivity index (χ4v) is 2.92. The normalized spacial score (nSPS) is 12.5. The van der Waals surface area contributed by atoms with E-state index in [-0.39, 0.29) is 5.82 Å². The molecule has 0 heterocycles. The molecule has 0 saturated carbocycles. The van der Waals surface area contributed by atoms with Crippen LogP contribution in [0.15, 0.2) is 45.3 Å². The fraction of sp³-hybridized carbons (Fsp3) is 0.143. The third-order valence-electron chi connectivity index (χ3n) is 2.78. The molecule has 0 aliphatic carbocycles. The molecule has 2 aromatic rings. The predicted octanol–water partition coefficient (Wildman–Crippen LogP) is 4.71. The molecule has 0 aliphatic rings. The first-order valence-electron chi connectivity index (χ1n) is 5.45. The number of aryl methyl sites for hydroxylation is 1. The van der Waals surface area contributed by atoms with E-state index in [0.29, 0.717) is 5.56 Å². The van der Waals surface area contributed by atoms with Crippen molar-refractivity contribution in [3.05, 3.63) is 67.9 Å². The van der Waals surface area contributed by atoms with E-state index in [1.807, 2.05) is 25.1 Å². The molecule has 2 aromatic carbocycles. The molecule has 18 heavy (non-hydrogen) atoms. The van der Waals surface area contributed by atoms with Crippen LogP contribution in [0.2, 0.25) is 0 Å². The van der Waals surface area contributed by atoms with Crippen molar-refractivity contribution in [3.63, 3.8) is 0 Å². The molecule has 0 aromatic heterocycles. The maximum Gasteiger partial charge on any atom is 0.128 e. The molecular weight excluding hydrogens is 361 g/mol. The van der Waals surface area contributed by atoms with Crippen molar-refractivity contribution in [3.8, 4) is 0 Å². The van der Waals surface area contributed by atoms with E-state index in [9.17, 15) is 4.39 Å². The van der Waals surface area contributed by atoms with Crippen molar-refractivity contribution >= 4 is 31.9 Å². The van der Waals surface area contributed by atoms with Crippen LogP contribution >= 0.6 is 31.9 Å². The first-order valence-corrected chi connectivity index (χ1v) is 7.04. The van der Waals surface area contributed by atoms with E-state index in [4.69, 9.17) is 5.73 Å². The zero-order valence-corrected chi connectivity index (χ0v) is 12.9. The third kappa shape index (κ3) is 2.82. The molecule has 0 saturated heterocycles. The van der Waals surface area contributed by atoms with Crippen LogP contribution in [0.1, 0.15) is 22.7 Å². The van der Waals surface area contributed by atoms with Gasteiger partial charge in [-0.2, -0.15) is 0 Å². The second kappa shape index (κ2) is 5.51. The van der Waals surface area contributed by atoms with Crippen molar-refractivity contribution in [2.45, 2.75) is 13.0 Å². The van der Waals surface area contributed by atoms with Crippen LogP contribution < -0.4 is 5.73 Å². The fourth-order valence-electron chi connectivity index (χ4n) is 1.80. The highest BCUT2D eigenvalue weighted by Crippen LogP contribution is 2.30. The van der Waals surface area contributed by atoms with Crippen LogP contribution in [-0.4, -0.2) is 0 Å². The molecule has 1 atom stereocenters. The highest BCUT2D eigenvalue weighted by molar-refractivity contribution is 9.10. The van der Waals surface area contributed by atoms with Gasteiger partial charge in [0.15, 0.2) is 0 Å². The van der Waals surface area contributed by atoms with Crippen LogP contribution in [0.3, 0.4) is 0 Å². The Kier molecular flexibility index (Phi) is 4.20. The minimum Gasteiger partial charge on any atom is -0.320 e. The Morgan fingerprint density at radius 2 is 1.78 bits per heavy atom. The summed E-state index contributed by atoms with van der Waals surface area (Å²) in [6.45, 7) is 2.00. The van der Waals surface area contributed by atoms with Crippen LogP contribution in [0.25, 0.3) is 0 Å². The van der Waals surface area contributed by atoms with Gasteiger partial charge in [0.25, 0.3) is 0 Å². The number of rotatable bonds is 2. The van der Waals surface area contributed by atoms with Crippen LogP contribution in [0, 0.1) is 12.7 Å². The van der Waals surface area contributed by atoms with Crippen molar-refractivity contribution in [2.75, 3.05) is 0 Å². The quantitative estimate of drug-likeness (QED) is 0.811. The zero-order valence-electron chi connectivity index (χ0n) is 9.75. The van der Waals surface area contributed by atoms with Crippen molar-refractivity contribution in [1.82, 2.24) is 0 Å². The number of nitrogens with two attached hydrogens (primary N) is 1. The van der Waals surface area contributed by atoms with Gasteiger partial charge in [-0.15, -0.1) is 0 Å². The van der Waals surface area contributed by atoms with E-state index in [0.717, 1.165) is 20.1 Å². The first-order chi connectivity index (χ1) is 8.49. The smallest absolute Gasteiger partial charge is 0.128 e. The zero-order chi connectivity index (χ0) is 13.3. The molecule has 1 unspecified atom stereocenters. The van der Waals surface area contributed by atoms with E-state index < -0.39 is 6.04 Å². The maximum atomic E-state index is 13.8. The summed E-state index contributed by atoms with van der Waals surface area (Å²) in [5.74, 6) is -0.293. The highest BCUT2D eigenvalue weighted by atomic mass is 79.9. The van der Waals surface area contributed by atoms with Gasteiger partial charge in [-0.1, -0.05) is 44.0 Å². The minimum atomic E-state index is -0.488. The summed E-state index contributed by atoms with van der Waals surface area (Å²) in [4.78, 5) is 0. The monoisotopic (exact) mass is 371 g/mol. The topological polar surface area (TPSA) is 26.0 Å². The molecule has 1 nitrogen and oxygen atoms in total. The van der Waals surface area contributed by atoms with Gasteiger partial charge in [0, 0.05) is 14.5 Å². The minimum absolute atomic E-state index is 0.293. The average Bonchev–Trinajstić information content (AvgIpc) is 2.31. The number of halogens is 3. The summed E-state index contributed by atoms with van der Waals surface area (Å²) in [7, 11) is 0. The van der Waals surface area contributed by atoms with Gasteiger partial charge in [-0.25, -0.2) is 4.39 Å². The number of hydrogen-bond donors (Lipinski definition) is 1. The Labute approximate surface area is 122 Å². The molecule has 0 bridgehead atoms. The average molecular weight is 373 g/mol. The van der Waals surface area contributed by atoms with E-state index in [1.165, 1.54) is 6.07 Å². The van der Waals surface area contributed by atoms with Gasteiger partial charge in [0.1, 0.15) is 5.82 Å². The van der Waals surface area contributed by atoms with Crippen LogP contribution in [0.5, 0.6) is 0 Å². The van der Waals surface area contributed by atoms with Gasteiger partial charge in [0.05, 0.1) is 6.04 Å². The summed E-state index contributed by atoms with van der Waals surface area (Å²) in [5.41, 5.74) is 8.63. The molecule has 0 spiro atoms. The molecule has 94 valence electrons. The van der Waals surface area contributed by atoms with E-state index in [1.54, 1.807) is 12.1 Å². The third-order valence-corrected chi connectivity index (χ3v) is 3.96. The van der Waals surface area contributed by atoms with Gasteiger partial charge in [-0.05, 0) is 42.3 Å².